The van der Waals surface area contributed by atoms with Gasteiger partial charge in [0.2, 0.25) is 0 Å². The van der Waals surface area contributed by atoms with Gasteiger partial charge in [-0.15, -0.1) is 0 Å². The van der Waals surface area contributed by atoms with Gasteiger partial charge in [0.25, 0.3) is 0 Å². The molecule has 1 fully saturated rings. The van der Waals surface area contributed by atoms with Crippen LogP contribution in [-0.2, 0) is 15.9 Å². The first-order chi connectivity index (χ1) is 10.3. The SMILES string of the molecule is OC(C#CCCOC1CCCCO1)CCc1ccccc1. The van der Waals surface area contributed by atoms with Crippen molar-refractivity contribution in [3.8, 4) is 11.8 Å². The maximum Gasteiger partial charge on any atom is 0.157 e. The Kier molecular flexibility index (Phi) is 7.31. The van der Waals surface area contributed by atoms with E-state index in [0.717, 1.165) is 25.9 Å². The molecule has 1 aliphatic rings. The van der Waals surface area contributed by atoms with Crippen molar-refractivity contribution >= 4 is 0 Å². The first-order valence-corrected chi connectivity index (χ1v) is 7.78. The van der Waals surface area contributed by atoms with E-state index in [4.69, 9.17) is 9.47 Å². The van der Waals surface area contributed by atoms with Gasteiger partial charge in [0, 0.05) is 13.0 Å². The minimum Gasteiger partial charge on any atom is -0.380 e. The predicted molar refractivity (Wildman–Crippen MR) is 82.7 cm³/mol. The molecule has 0 spiro atoms. The largest absolute Gasteiger partial charge is 0.380 e. The fraction of sp³-hybridized carbons (Fsp3) is 0.556. The van der Waals surface area contributed by atoms with Gasteiger partial charge >= 0.3 is 0 Å². The highest BCUT2D eigenvalue weighted by Crippen LogP contribution is 2.13. The van der Waals surface area contributed by atoms with Crippen molar-refractivity contribution in [1.82, 2.24) is 0 Å². The fourth-order valence-corrected chi connectivity index (χ4v) is 2.29. The monoisotopic (exact) mass is 288 g/mol. The second-order valence-corrected chi connectivity index (χ2v) is 5.28. The average Bonchev–Trinajstić information content (AvgIpc) is 2.54. The van der Waals surface area contributed by atoms with Crippen molar-refractivity contribution in [1.29, 1.82) is 0 Å². The molecule has 3 nitrogen and oxygen atoms in total. The predicted octanol–water partition coefficient (Wildman–Crippen LogP) is 2.92. The quantitative estimate of drug-likeness (QED) is 0.646. The summed E-state index contributed by atoms with van der Waals surface area (Å²) in [5.41, 5.74) is 1.23. The molecule has 3 heteroatoms. The molecule has 2 rings (SSSR count). The third kappa shape index (κ3) is 6.77. The Labute approximate surface area is 127 Å². The maximum atomic E-state index is 9.82. The van der Waals surface area contributed by atoms with E-state index in [-0.39, 0.29) is 6.29 Å². The molecule has 2 atom stereocenters. The second-order valence-electron chi connectivity index (χ2n) is 5.28. The standard InChI is InChI=1S/C18H24O3/c19-17(13-12-16-8-2-1-3-9-16)10-4-6-14-20-18-11-5-7-15-21-18/h1-3,8-9,17-19H,5-7,11-15H2. The summed E-state index contributed by atoms with van der Waals surface area (Å²) < 4.78 is 11.1. The second kappa shape index (κ2) is 9.57. The molecule has 2 unspecified atom stereocenters. The summed E-state index contributed by atoms with van der Waals surface area (Å²) in [5, 5.41) is 9.82. The number of aryl methyl sites for hydroxylation is 1. The molecule has 0 bridgehead atoms. The zero-order chi connectivity index (χ0) is 14.8. The Morgan fingerprint density at radius 1 is 1.29 bits per heavy atom. The molecule has 1 aliphatic heterocycles. The van der Waals surface area contributed by atoms with E-state index in [2.05, 4.69) is 24.0 Å². The van der Waals surface area contributed by atoms with E-state index < -0.39 is 6.10 Å². The molecule has 0 saturated carbocycles. The summed E-state index contributed by atoms with van der Waals surface area (Å²) in [7, 11) is 0. The normalized spacial score (nSPS) is 19.6. The number of hydrogen-bond donors (Lipinski definition) is 1. The van der Waals surface area contributed by atoms with Crippen molar-refractivity contribution < 1.29 is 14.6 Å². The van der Waals surface area contributed by atoms with Gasteiger partial charge in [-0.2, -0.15) is 0 Å². The summed E-state index contributed by atoms with van der Waals surface area (Å²) in [4.78, 5) is 0. The summed E-state index contributed by atoms with van der Waals surface area (Å²) >= 11 is 0. The van der Waals surface area contributed by atoms with Gasteiger partial charge in [0.05, 0.1) is 6.61 Å². The Hall–Kier alpha value is -1.34. The molecule has 1 aromatic rings. The first kappa shape index (κ1) is 16.0. The van der Waals surface area contributed by atoms with Crippen molar-refractivity contribution in [3.05, 3.63) is 35.9 Å². The summed E-state index contributed by atoms with van der Waals surface area (Å²) in [5.74, 6) is 5.86. The molecule has 1 saturated heterocycles. The number of rotatable bonds is 6. The lowest BCUT2D eigenvalue weighted by molar-refractivity contribution is -0.161. The van der Waals surface area contributed by atoms with E-state index in [0.29, 0.717) is 19.4 Å². The lowest BCUT2D eigenvalue weighted by Gasteiger charge is -2.22. The molecule has 0 amide bonds. The highest BCUT2D eigenvalue weighted by atomic mass is 16.7. The van der Waals surface area contributed by atoms with Gasteiger partial charge in [-0.3, -0.25) is 0 Å². The van der Waals surface area contributed by atoms with Crippen LogP contribution in [0.2, 0.25) is 0 Å². The van der Waals surface area contributed by atoms with Gasteiger partial charge in [-0.05, 0) is 37.7 Å². The van der Waals surface area contributed by atoms with E-state index in [9.17, 15) is 5.11 Å². The van der Waals surface area contributed by atoms with Gasteiger partial charge in [0.1, 0.15) is 6.10 Å². The molecule has 0 aliphatic carbocycles. The van der Waals surface area contributed by atoms with Crippen molar-refractivity contribution in [2.75, 3.05) is 13.2 Å². The van der Waals surface area contributed by atoms with E-state index >= 15 is 0 Å². The van der Waals surface area contributed by atoms with Gasteiger partial charge in [-0.1, -0.05) is 42.2 Å². The zero-order valence-electron chi connectivity index (χ0n) is 12.5. The molecule has 21 heavy (non-hydrogen) atoms. The third-order valence-electron chi connectivity index (χ3n) is 3.49. The van der Waals surface area contributed by atoms with E-state index in [1.807, 2.05) is 18.2 Å². The van der Waals surface area contributed by atoms with Crippen molar-refractivity contribution in [3.63, 3.8) is 0 Å². The number of hydrogen-bond acceptors (Lipinski definition) is 3. The van der Waals surface area contributed by atoms with Crippen LogP contribution in [0.15, 0.2) is 30.3 Å². The molecule has 0 aromatic heterocycles. The first-order valence-electron chi connectivity index (χ1n) is 7.78. The van der Waals surface area contributed by atoms with Crippen LogP contribution in [0.1, 0.15) is 37.7 Å². The molecule has 1 N–H and O–H groups in total. The Balaban J connectivity index is 1.56. The van der Waals surface area contributed by atoms with Crippen LogP contribution in [0.3, 0.4) is 0 Å². The minimum absolute atomic E-state index is 0.0523. The van der Waals surface area contributed by atoms with Gasteiger partial charge < -0.3 is 14.6 Å². The Bertz CT molecular complexity index is 441. The fourth-order valence-electron chi connectivity index (χ4n) is 2.29. The van der Waals surface area contributed by atoms with Gasteiger partial charge in [-0.25, -0.2) is 0 Å². The van der Waals surface area contributed by atoms with Crippen LogP contribution < -0.4 is 0 Å². The zero-order valence-corrected chi connectivity index (χ0v) is 12.5. The molecule has 1 heterocycles. The highest BCUT2D eigenvalue weighted by molar-refractivity contribution is 5.15. The number of aliphatic hydroxyl groups is 1. The van der Waals surface area contributed by atoms with E-state index in [1.54, 1.807) is 0 Å². The average molecular weight is 288 g/mol. The van der Waals surface area contributed by atoms with Crippen LogP contribution in [0.4, 0.5) is 0 Å². The summed E-state index contributed by atoms with van der Waals surface area (Å²) in [6.45, 7) is 1.37. The van der Waals surface area contributed by atoms with Crippen LogP contribution in [-0.4, -0.2) is 30.7 Å². The van der Waals surface area contributed by atoms with Crippen molar-refractivity contribution in [2.45, 2.75) is 50.9 Å². The molecular formula is C18H24O3. The maximum absolute atomic E-state index is 9.82. The van der Waals surface area contributed by atoms with Crippen LogP contribution >= 0.6 is 0 Å². The summed E-state index contributed by atoms with van der Waals surface area (Å²) in [6, 6.07) is 10.2. The summed E-state index contributed by atoms with van der Waals surface area (Å²) in [6.07, 6.45) is 4.84. The number of benzene rings is 1. The van der Waals surface area contributed by atoms with E-state index in [1.165, 1.54) is 12.0 Å². The lowest BCUT2D eigenvalue weighted by Crippen LogP contribution is -2.22. The molecule has 1 aromatic carbocycles. The van der Waals surface area contributed by atoms with Crippen LogP contribution in [0.25, 0.3) is 0 Å². The lowest BCUT2D eigenvalue weighted by atomic mass is 10.1. The highest BCUT2D eigenvalue weighted by Gasteiger charge is 2.12. The topological polar surface area (TPSA) is 38.7 Å². The Morgan fingerprint density at radius 2 is 2.14 bits per heavy atom. The smallest absolute Gasteiger partial charge is 0.157 e. The van der Waals surface area contributed by atoms with Crippen LogP contribution in [0.5, 0.6) is 0 Å². The minimum atomic E-state index is -0.559. The van der Waals surface area contributed by atoms with Crippen LogP contribution in [0, 0.1) is 11.8 Å². The number of aliphatic hydroxyl groups excluding tert-OH is 1. The third-order valence-corrected chi connectivity index (χ3v) is 3.49. The molecule has 114 valence electrons. The number of ether oxygens (including phenoxy) is 2. The van der Waals surface area contributed by atoms with Crippen molar-refractivity contribution in [2.24, 2.45) is 0 Å². The molecule has 0 radical (unpaired) electrons. The van der Waals surface area contributed by atoms with Gasteiger partial charge in [0.15, 0.2) is 6.29 Å². The molecular weight excluding hydrogens is 264 g/mol. The Morgan fingerprint density at radius 3 is 2.90 bits per heavy atom.